The van der Waals surface area contributed by atoms with Gasteiger partial charge in [-0.3, -0.25) is 4.79 Å². The quantitative estimate of drug-likeness (QED) is 0.851. The van der Waals surface area contributed by atoms with Crippen LogP contribution in [-0.2, 0) is 11.2 Å². The van der Waals surface area contributed by atoms with Crippen molar-refractivity contribution in [1.82, 2.24) is 10.6 Å². The molecule has 98 valence electrons. The van der Waals surface area contributed by atoms with Crippen LogP contribution in [0.4, 0.5) is 0 Å². The molecule has 1 aromatic carbocycles. The molecule has 0 aromatic heterocycles. The Kier molecular flexibility index (Phi) is 4.37. The number of rotatable bonds is 4. The SMILES string of the molecule is CC(C)c1ccc(CCC2NCCNC2=O)cc1. The Morgan fingerprint density at radius 1 is 1.22 bits per heavy atom. The second-order valence-electron chi connectivity index (χ2n) is 5.23. The van der Waals surface area contributed by atoms with Crippen LogP contribution in [0.2, 0.25) is 0 Å². The summed E-state index contributed by atoms with van der Waals surface area (Å²) in [5, 5.41) is 6.15. The van der Waals surface area contributed by atoms with Crippen molar-refractivity contribution in [3.05, 3.63) is 35.4 Å². The van der Waals surface area contributed by atoms with Crippen molar-refractivity contribution in [3.8, 4) is 0 Å². The van der Waals surface area contributed by atoms with Crippen molar-refractivity contribution in [2.24, 2.45) is 0 Å². The Labute approximate surface area is 109 Å². The molecule has 3 nitrogen and oxygen atoms in total. The second-order valence-corrected chi connectivity index (χ2v) is 5.23. The van der Waals surface area contributed by atoms with E-state index in [1.54, 1.807) is 0 Å². The van der Waals surface area contributed by atoms with Gasteiger partial charge in [0.15, 0.2) is 0 Å². The Morgan fingerprint density at radius 3 is 2.56 bits per heavy atom. The largest absolute Gasteiger partial charge is 0.353 e. The molecule has 0 saturated carbocycles. The molecule has 18 heavy (non-hydrogen) atoms. The zero-order valence-electron chi connectivity index (χ0n) is 11.2. The molecule has 2 rings (SSSR count). The van der Waals surface area contributed by atoms with E-state index in [0.29, 0.717) is 5.92 Å². The van der Waals surface area contributed by atoms with Crippen molar-refractivity contribution in [2.75, 3.05) is 13.1 Å². The van der Waals surface area contributed by atoms with E-state index in [1.807, 2.05) is 0 Å². The molecule has 0 radical (unpaired) electrons. The number of carbonyl (C=O) groups is 1. The van der Waals surface area contributed by atoms with Gasteiger partial charge in [0.1, 0.15) is 0 Å². The van der Waals surface area contributed by atoms with Crippen LogP contribution in [0.3, 0.4) is 0 Å². The van der Waals surface area contributed by atoms with Gasteiger partial charge in [-0.25, -0.2) is 0 Å². The lowest BCUT2D eigenvalue weighted by Gasteiger charge is -2.23. The normalized spacial score (nSPS) is 19.9. The molecule has 0 spiro atoms. The lowest BCUT2D eigenvalue weighted by molar-refractivity contribution is -0.124. The first-order valence-electron chi connectivity index (χ1n) is 6.77. The molecule has 1 heterocycles. The number of benzene rings is 1. The van der Waals surface area contributed by atoms with Gasteiger partial charge in [0.05, 0.1) is 6.04 Å². The van der Waals surface area contributed by atoms with Gasteiger partial charge in [-0.2, -0.15) is 0 Å². The van der Waals surface area contributed by atoms with Gasteiger partial charge in [-0.05, 0) is 29.9 Å². The van der Waals surface area contributed by atoms with Gasteiger partial charge in [0.2, 0.25) is 5.91 Å². The topological polar surface area (TPSA) is 41.1 Å². The van der Waals surface area contributed by atoms with Gasteiger partial charge < -0.3 is 10.6 Å². The molecule has 1 aliphatic rings. The Morgan fingerprint density at radius 2 is 1.94 bits per heavy atom. The minimum Gasteiger partial charge on any atom is -0.353 e. The first-order valence-corrected chi connectivity index (χ1v) is 6.77. The summed E-state index contributed by atoms with van der Waals surface area (Å²) in [4.78, 5) is 11.6. The average molecular weight is 246 g/mol. The predicted octanol–water partition coefficient (Wildman–Crippen LogP) is 1.83. The summed E-state index contributed by atoms with van der Waals surface area (Å²) in [5.41, 5.74) is 2.67. The van der Waals surface area contributed by atoms with E-state index in [-0.39, 0.29) is 11.9 Å². The Hall–Kier alpha value is -1.35. The van der Waals surface area contributed by atoms with E-state index < -0.39 is 0 Å². The van der Waals surface area contributed by atoms with Gasteiger partial charge in [0, 0.05) is 13.1 Å². The second kappa shape index (κ2) is 6.01. The minimum absolute atomic E-state index is 0.0245. The lowest BCUT2D eigenvalue weighted by atomic mass is 9.98. The van der Waals surface area contributed by atoms with Crippen LogP contribution in [0.1, 0.15) is 37.3 Å². The first-order chi connectivity index (χ1) is 8.66. The average Bonchev–Trinajstić information content (AvgIpc) is 2.38. The van der Waals surface area contributed by atoms with Crippen LogP contribution in [0.25, 0.3) is 0 Å². The van der Waals surface area contributed by atoms with E-state index in [4.69, 9.17) is 0 Å². The molecule has 0 bridgehead atoms. The van der Waals surface area contributed by atoms with E-state index in [9.17, 15) is 4.79 Å². The van der Waals surface area contributed by atoms with Crippen molar-refractivity contribution >= 4 is 5.91 Å². The molecule has 1 amide bonds. The van der Waals surface area contributed by atoms with Crippen molar-refractivity contribution in [3.63, 3.8) is 0 Å². The molecule has 2 N–H and O–H groups in total. The summed E-state index contributed by atoms with van der Waals surface area (Å²) < 4.78 is 0. The van der Waals surface area contributed by atoms with E-state index in [2.05, 4.69) is 48.7 Å². The molecule has 3 heteroatoms. The molecule has 1 aromatic rings. The summed E-state index contributed by atoms with van der Waals surface area (Å²) in [5.74, 6) is 0.713. The third kappa shape index (κ3) is 3.33. The van der Waals surface area contributed by atoms with E-state index in [0.717, 1.165) is 25.9 Å². The number of hydrogen-bond acceptors (Lipinski definition) is 2. The summed E-state index contributed by atoms with van der Waals surface area (Å²) in [7, 11) is 0. The fraction of sp³-hybridized carbons (Fsp3) is 0.533. The van der Waals surface area contributed by atoms with Gasteiger partial charge in [0.25, 0.3) is 0 Å². The van der Waals surface area contributed by atoms with Crippen LogP contribution in [-0.4, -0.2) is 25.0 Å². The van der Waals surface area contributed by atoms with Crippen LogP contribution >= 0.6 is 0 Å². The van der Waals surface area contributed by atoms with E-state index >= 15 is 0 Å². The number of carbonyl (C=O) groups excluding carboxylic acids is 1. The third-order valence-corrected chi connectivity index (χ3v) is 3.50. The van der Waals surface area contributed by atoms with Crippen molar-refractivity contribution < 1.29 is 4.79 Å². The van der Waals surface area contributed by atoms with Crippen molar-refractivity contribution in [2.45, 2.75) is 38.6 Å². The van der Waals surface area contributed by atoms with Crippen LogP contribution in [0.15, 0.2) is 24.3 Å². The standard InChI is InChI=1S/C15H22N2O/c1-11(2)13-6-3-12(4-7-13)5-8-14-15(18)17-10-9-16-14/h3-4,6-7,11,14,16H,5,8-10H2,1-2H3,(H,17,18). The summed E-state index contributed by atoms with van der Waals surface area (Å²) >= 11 is 0. The molecule has 1 aliphatic heterocycles. The smallest absolute Gasteiger partial charge is 0.237 e. The zero-order chi connectivity index (χ0) is 13.0. The maximum absolute atomic E-state index is 11.6. The highest BCUT2D eigenvalue weighted by atomic mass is 16.2. The number of aryl methyl sites for hydroxylation is 1. The monoisotopic (exact) mass is 246 g/mol. The Bertz CT molecular complexity index is 397. The van der Waals surface area contributed by atoms with Gasteiger partial charge in [-0.15, -0.1) is 0 Å². The molecular formula is C15H22N2O. The molecule has 1 saturated heterocycles. The van der Waals surface area contributed by atoms with Crippen LogP contribution in [0, 0.1) is 0 Å². The molecule has 0 aliphatic carbocycles. The van der Waals surface area contributed by atoms with Crippen molar-refractivity contribution in [1.29, 1.82) is 0 Å². The number of nitrogens with one attached hydrogen (secondary N) is 2. The third-order valence-electron chi connectivity index (χ3n) is 3.50. The number of piperazine rings is 1. The highest BCUT2D eigenvalue weighted by Gasteiger charge is 2.20. The predicted molar refractivity (Wildman–Crippen MR) is 73.7 cm³/mol. The van der Waals surface area contributed by atoms with Crippen LogP contribution < -0.4 is 10.6 Å². The van der Waals surface area contributed by atoms with Crippen LogP contribution in [0.5, 0.6) is 0 Å². The fourth-order valence-electron chi connectivity index (χ4n) is 2.26. The summed E-state index contributed by atoms with van der Waals surface area (Å²) in [6.45, 7) is 6.03. The minimum atomic E-state index is -0.0245. The number of amides is 1. The molecule has 1 fully saturated rings. The Balaban J connectivity index is 1.87. The summed E-state index contributed by atoms with van der Waals surface area (Å²) in [6, 6.07) is 8.71. The maximum atomic E-state index is 11.6. The highest BCUT2D eigenvalue weighted by Crippen LogP contribution is 2.15. The molecular weight excluding hydrogens is 224 g/mol. The fourth-order valence-corrected chi connectivity index (χ4v) is 2.26. The maximum Gasteiger partial charge on any atom is 0.237 e. The molecule has 1 atom stereocenters. The number of hydrogen-bond donors (Lipinski definition) is 2. The zero-order valence-corrected chi connectivity index (χ0v) is 11.2. The lowest BCUT2D eigenvalue weighted by Crippen LogP contribution is -2.52. The van der Waals surface area contributed by atoms with Gasteiger partial charge >= 0.3 is 0 Å². The highest BCUT2D eigenvalue weighted by molar-refractivity contribution is 5.82. The molecule has 1 unspecified atom stereocenters. The first kappa shape index (κ1) is 13.1. The van der Waals surface area contributed by atoms with Gasteiger partial charge in [-0.1, -0.05) is 38.1 Å². The summed E-state index contributed by atoms with van der Waals surface area (Å²) in [6.07, 6.45) is 1.82. The van der Waals surface area contributed by atoms with E-state index in [1.165, 1.54) is 11.1 Å².